The number of hydrogen-bond acceptors (Lipinski definition) is 5. The molecule has 1 saturated heterocycles. The predicted molar refractivity (Wildman–Crippen MR) is 66.8 cm³/mol. The summed E-state index contributed by atoms with van der Waals surface area (Å²) < 4.78 is 0. The lowest BCUT2D eigenvalue weighted by Crippen LogP contribution is -2.54. The monoisotopic (exact) mass is 287 g/mol. The maximum absolute atomic E-state index is 11.9. The Balaban J connectivity index is 2.15. The lowest BCUT2D eigenvalue weighted by Gasteiger charge is -2.24. The number of carboxylic acid groups (broad SMARTS) is 1. The number of carbonyl (C=O) groups excluding carboxylic acids is 1. The summed E-state index contributed by atoms with van der Waals surface area (Å²) in [6.07, 6.45) is 0.403. The second kappa shape index (κ2) is 5.11. The van der Waals surface area contributed by atoms with Crippen LogP contribution in [-0.4, -0.2) is 44.2 Å². The SMILES string of the molecule is O=C(NC1(C(=O)O)CCSC1)c1ccc(Cl)nn1. The first kappa shape index (κ1) is 13.1. The fourth-order valence-electron chi connectivity index (χ4n) is 1.60. The topological polar surface area (TPSA) is 92.2 Å². The second-order valence-corrected chi connectivity index (χ2v) is 5.38. The largest absolute Gasteiger partial charge is 0.479 e. The molecule has 2 rings (SSSR count). The van der Waals surface area contributed by atoms with Crippen molar-refractivity contribution in [2.75, 3.05) is 11.5 Å². The van der Waals surface area contributed by atoms with Gasteiger partial charge in [0.1, 0.15) is 5.54 Å². The van der Waals surface area contributed by atoms with Gasteiger partial charge in [0, 0.05) is 5.75 Å². The van der Waals surface area contributed by atoms with E-state index in [1.807, 2.05) is 0 Å². The number of amides is 1. The Morgan fingerprint density at radius 1 is 1.44 bits per heavy atom. The van der Waals surface area contributed by atoms with Gasteiger partial charge in [-0.1, -0.05) is 11.6 Å². The van der Waals surface area contributed by atoms with Gasteiger partial charge in [-0.25, -0.2) is 4.79 Å². The molecule has 6 nitrogen and oxygen atoms in total. The summed E-state index contributed by atoms with van der Waals surface area (Å²) in [6.45, 7) is 0. The van der Waals surface area contributed by atoms with Crippen molar-refractivity contribution >= 4 is 35.2 Å². The summed E-state index contributed by atoms with van der Waals surface area (Å²) in [5, 5.41) is 19.1. The molecule has 2 heterocycles. The fourth-order valence-corrected chi connectivity index (χ4v) is 3.03. The van der Waals surface area contributed by atoms with Gasteiger partial charge in [-0.3, -0.25) is 4.79 Å². The van der Waals surface area contributed by atoms with Gasteiger partial charge in [0.2, 0.25) is 0 Å². The van der Waals surface area contributed by atoms with Gasteiger partial charge in [-0.15, -0.1) is 10.2 Å². The molecule has 1 amide bonds. The first-order valence-corrected chi connectivity index (χ1v) is 6.70. The third-order valence-electron chi connectivity index (χ3n) is 2.65. The molecule has 1 aromatic rings. The highest BCUT2D eigenvalue weighted by Gasteiger charge is 2.43. The highest BCUT2D eigenvalue weighted by molar-refractivity contribution is 7.99. The molecule has 0 bridgehead atoms. The first-order valence-electron chi connectivity index (χ1n) is 5.16. The zero-order valence-electron chi connectivity index (χ0n) is 9.22. The van der Waals surface area contributed by atoms with Crippen LogP contribution in [0.2, 0.25) is 5.15 Å². The molecule has 8 heteroatoms. The number of halogens is 1. The fraction of sp³-hybridized carbons (Fsp3) is 0.400. The zero-order valence-corrected chi connectivity index (χ0v) is 10.8. The van der Waals surface area contributed by atoms with Crippen LogP contribution in [0.25, 0.3) is 0 Å². The molecule has 18 heavy (non-hydrogen) atoms. The molecule has 0 aliphatic carbocycles. The molecule has 1 fully saturated rings. The third-order valence-corrected chi connectivity index (χ3v) is 4.04. The number of aliphatic carboxylic acids is 1. The molecular weight excluding hydrogens is 278 g/mol. The van der Waals surface area contributed by atoms with Gasteiger partial charge < -0.3 is 10.4 Å². The van der Waals surface area contributed by atoms with E-state index in [4.69, 9.17) is 11.6 Å². The van der Waals surface area contributed by atoms with Crippen molar-refractivity contribution < 1.29 is 14.7 Å². The Hall–Kier alpha value is -1.34. The molecule has 0 saturated carbocycles. The Labute approximate surface area is 112 Å². The van der Waals surface area contributed by atoms with Crippen LogP contribution in [-0.2, 0) is 4.79 Å². The second-order valence-electron chi connectivity index (χ2n) is 3.89. The summed E-state index contributed by atoms with van der Waals surface area (Å²) in [5.41, 5.74) is -1.15. The van der Waals surface area contributed by atoms with Crippen molar-refractivity contribution in [3.05, 3.63) is 23.0 Å². The Bertz CT molecular complexity index is 474. The van der Waals surface area contributed by atoms with Gasteiger partial charge in [-0.2, -0.15) is 11.8 Å². The van der Waals surface area contributed by atoms with Crippen LogP contribution >= 0.6 is 23.4 Å². The van der Waals surface area contributed by atoms with Crippen LogP contribution in [0.15, 0.2) is 12.1 Å². The molecule has 1 unspecified atom stereocenters. The van der Waals surface area contributed by atoms with Gasteiger partial charge in [0.15, 0.2) is 10.8 Å². The molecule has 0 spiro atoms. The molecule has 1 aliphatic rings. The van der Waals surface area contributed by atoms with Crippen LogP contribution in [0.1, 0.15) is 16.9 Å². The first-order chi connectivity index (χ1) is 8.53. The van der Waals surface area contributed by atoms with E-state index < -0.39 is 17.4 Å². The van der Waals surface area contributed by atoms with Gasteiger partial charge in [0.05, 0.1) is 0 Å². The minimum absolute atomic E-state index is 0.0527. The molecule has 1 aliphatic heterocycles. The zero-order chi connectivity index (χ0) is 13.2. The Kier molecular flexibility index (Phi) is 3.72. The highest BCUT2D eigenvalue weighted by Crippen LogP contribution is 2.28. The summed E-state index contributed by atoms with van der Waals surface area (Å²) in [7, 11) is 0. The van der Waals surface area contributed by atoms with E-state index in [1.165, 1.54) is 23.9 Å². The van der Waals surface area contributed by atoms with E-state index in [1.54, 1.807) is 0 Å². The van der Waals surface area contributed by atoms with Crippen LogP contribution in [0.5, 0.6) is 0 Å². The predicted octanol–water partition coefficient (Wildman–Crippen LogP) is 0.820. The quantitative estimate of drug-likeness (QED) is 0.855. The van der Waals surface area contributed by atoms with Crippen molar-refractivity contribution in [1.82, 2.24) is 15.5 Å². The maximum atomic E-state index is 11.9. The van der Waals surface area contributed by atoms with Crippen LogP contribution in [0, 0.1) is 0 Å². The van der Waals surface area contributed by atoms with E-state index >= 15 is 0 Å². The number of hydrogen-bond donors (Lipinski definition) is 2. The normalized spacial score (nSPS) is 22.7. The molecule has 0 radical (unpaired) electrons. The Morgan fingerprint density at radius 3 is 2.72 bits per heavy atom. The molecule has 1 aromatic heterocycles. The van der Waals surface area contributed by atoms with E-state index in [0.29, 0.717) is 17.9 Å². The number of nitrogens with zero attached hydrogens (tertiary/aromatic N) is 2. The van der Waals surface area contributed by atoms with E-state index in [9.17, 15) is 14.7 Å². The summed E-state index contributed by atoms with van der Waals surface area (Å²) in [6, 6.07) is 2.84. The number of carbonyl (C=O) groups is 2. The average Bonchev–Trinajstić information content (AvgIpc) is 2.79. The minimum Gasteiger partial charge on any atom is -0.479 e. The highest BCUT2D eigenvalue weighted by atomic mass is 35.5. The van der Waals surface area contributed by atoms with E-state index in [-0.39, 0.29) is 10.8 Å². The molecule has 96 valence electrons. The minimum atomic E-state index is -1.21. The Morgan fingerprint density at radius 2 is 2.22 bits per heavy atom. The van der Waals surface area contributed by atoms with Gasteiger partial charge >= 0.3 is 5.97 Å². The molecular formula is C10H10ClN3O3S. The lowest BCUT2D eigenvalue weighted by molar-refractivity contribution is -0.143. The summed E-state index contributed by atoms with van der Waals surface area (Å²) >= 11 is 7.06. The van der Waals surface area contributed by atoms with Crippen molar-refractivity contribution in [3.63, 3.8) is 0 Å². The number of carboxylic acids is 1. The average molecular weight is 288 g/mol. The number of nitrogens with one attached hydrogen (secondary N) is 1. The summed E-state index contributed by atoms with van der Waals surface area (Å²) in [4.78, 5) is 23.2. The van der Waals surface area contributed by atoms with Gasteiger partial charge in [-0.05, 0) is 24.3 Å². The van der Waals surface area contributed by atoms with Crippen LogP contribution in [0.3, 0.4) is 0 Å². The molecule has 2 N–H and O–H groups in total. The van der Waals surface area contributed by atoms with Crippen LogP contribution in [0.4, 0.5) is 0 Å². The third kappa shape index (κ3) is 2.56. The van der Waals surface area contributed by atoms with Crippen molar-refractivity contribution in [3.8, 4) is 0 Å². The maximum Gasteiger partial charge on any atom is 0.330 e. The standard InChI is InChI=1S/C10H10ClN3O3S/c11-7-2-1-6(13-14-7)8(15)12-10(9(16)17)3-4-18-5-10/h1-2H,3-5H2,(H,12,15)(H,16,17). The van der Waals surface area contributed by atoms with Crippen molar-refractivity contribution in [1.29, 1.82) is 0 Å². The molecule has 0 aromatic carbocycles. The molecule has 1 atom stereocenters. The summed E-state index contributed by atoms with van der Waals surface area (Å²) in [5.74, 6) is -0.514. The van der Waals surface area contributed by atoms with E-state index in [0.717, 1.165) is 0 Å². The van der Waals surface area contributed by atoms with Crippen LogP contribution < -0.4 is 5.32 Å². The van der Waals surface area contributed by atoms with Gasteiger partial charge in [0.25, 0.3) is 5.91 Å². The van der Waals surface area contributed by atoms with Crippen molar-refractivity contribution in [2.24, 2.45) is 0 Å². The number of thioether (sulfide) groups is 1. The smallest absolute Gasteiger partial charge is 0.330 e. The number of rotatable bonds is 3. The number of aromatic nitrogens is 2. The van der Waals surface area contributed by atoms with E-state index in [2.05, 4.69) is 15.5 Å². The van der Waals surface area contributed by atoms with Crippen molar-refractivity contribution in [2.45, 2.75) is 12.0 Å². The lowest BCUT2D eigenvalue weighted by atomic mass is 9.99.